The van der Waals surface area contributed by atoms with Gasteiger partial charge in [-0.3, -0.25) is 4.68 Å². The molecule has 1 unspecified atom stereocenters. The van der Waals surface area contributed by atoms with Gasteiger partial charge in [0.1, 0.15) is 11.4 Å². The summed E-state index contributed by atoms with van der Waals surface area (Å²) in [6.45, 7) is 4.22. The highest BCUT2D eigenvalue weighted by atomic mass is 32.1. The number of nitrogens with zero attached hydrogens (tertiary/aromatic N) is 2. The van der Waals surface area contributed by atoms with Gasteiger partial charge in [0.15, 0.2) is 5.75 Å². The van der Waals surface area contributed by atoms with Gasteiger partial charge in [-0.2, -0.15) is 5.10 Å². The molecule has 0 aliphatic heterocycles. The third-order valence-corrected chi connectivity index (χ3v) is 4.16. The van der Waals surface area contributed by atoms with Gasteiger partial charge in [-0.25, -0.2) is 0 Å². The summed E-state index contributed by atoms with van der Waals surface area (Å²) in [7, 11) is 5.29. The van der Waals surface area contributed by atoms with Crippen molar-refractivity contribution < 1.29 is 9.47 Å². The van der Waals surface area contributed by atoms with E-state index in [4.69, 9.17) is 9.47 Å². The van der Waals surface area contributed by atoms with Crippen molar-refractivity contribution in [3.05, 3.63) is 28.2 Å². The number of hydrogen-bond acceptors (Lipinski definition) is 5. The van der Waals surface area contributed by atoms with Crippen LogP contribution in [0.4, 0.5) is 0 Å². The maximum atomic E-state index is 5.46. The molecule has 0 aliphatic carbocycles. The van der Waals surface area contributed by atoms with Crippen LogP contribution in [0, 0.1) is 0 Å². The number of aromatic nitrogens is 2. The molecule has 2 rings (SSSR count). The van der Waals surface area contributed by atoms with Gasteiger partial charge in [0.05, 0.1) is 26.5 Å². The molecule has 1 N–H and O–H groups in total. The van der Waals surface area contributed by atoms with E-state index in [-0.39, 0.29) is 12.1 Å². The molecule has 20 heavy (non-hydrogen) atoms. The fourth-order valence-corrected chi connectivity index (χ4v) is 3.17. The minimum Gasteiger partial charge on any atom is -0.496 e. The zero-order valence-electron chi connectivity index (χ0n) is 12.5. The number of ether oxygens (including phenoxy) is 2. The number of thiophene rings is 1. The van der Waals surface area contributed by atoms with Gasteiger partial charge in [-0.1, -0.05) is 0 Å². The zero-order chi connectivity index (χ0) is 14.7. The maximum absolute atomic E-state index is 5.46. The first-order valence-electron chi connectivity index (χ1n) is 6.53. The Bertz CT molecular complexity index is 563. The molecule has 0 radical (unpaired) electrons. The second-order valence-corrected chi connectivity index (χ2v) is 5.69. The Morgan fingerprint density at radius 3 is 2.55 bits per heavy atom. The van der Waals surface area contributed by atoms with Crippen LogP contribution in [0.15, 0.2) is 17.6 Å². The summed E-state index contributed by atoms with van der Waals surface area (Å²) in [5.41, 5.74) is 1.04. The van der Waals surface area contributed by atoms with E-state index in [1.165, 1.54) is 4.88 Å². The van der Waals surface area contributed by atoms with Gasteiger partial charge >= 0.3 is 0 Å². The second kappa shape index (κ2) is 6.28. The Kier molecular flexibility index (Phi) is 4.67. The van der Waals surface area contributed by atoms with Gasteiger partial charge in [0.2, 0.25) is 0 Å². The van der Waals surface area contributed by atoms with Gasteiger partial charge in [-0.05, 0) is 27.0 Å². The van der Waals surface area contributed by atoms with E-state index >= 15 is 0 Å². The summed E-state index contributed by atoms with van der Waals surface area (Å²) in [6, 6.07) is 2.35. The van der Waals surface area contributed by atoms with E-state index in [0.717, 1.165) is 17.2 Å². The third kappa shape index (κ3) is 2.66. The van der Waals surface area contributed by atoms with Crippen LogP contribution in [0.5, 0.6) is 11.5 Å². The Morgan fingerprint density at radius 2 is 2.05 bits per heavy atom. The molecule has 0 bridgehead atoms. The number of rotatable bonds is 6. The molecule has 5 nitrogen and oxygen atoms in total. The lowest BCUT2D eigenvalue weighted by Gasteiger charge is -2.20. The van der Waals surface area contributed by atoms with E-state index in [2.05, 4.69) is 24.3 Å². The minimum atomic E-state index is 0.0312. The molecular weight excluding hydrogens is 274 g/mol. The minimum absolute atomic E-state index is 0.0312. The summed E-state index contributed by atoms with van der Waals surface area (Å²) in [5.74, 6) is 1.67. The van der Waals surface area contributed by atoms with Crippen molar-refractivity contribution in [3.63, 3.8) is 0 Å². The van der Waals surface area contributed by atoms with Gasteiger partial charge in [-0.15, -0.1) is 11.3 Å². The van der Waals surface area contributed by atoms with Crippen molar-refractivity contribution in [2.75, 3.05) is 21.3 Å². The van der Waals surface area contributed by atoms with Crippen molar-refractivity contribution in [1.29, 1.82) is 0 Å². The van der Waals surface area contributed by atoms with E-state index in [1.807, 2.05) is 23.2 Å². The van der Waals surface area contributed by atoms with Gasteiger partial charge < -0.3 is 14.8 Å². The molecule has 0 aliphatic rings. The zero-order valence-corrected chi connectivity index (χ0v) is 13.3. The molecule has 2 heterocycles. The number of hydrogen-bond donors (Lipinski definition) is 1. The molecule has 2 aromatic heterocycles. The van der Waals surface area contributed by atoms with Crippen molar-refractivity contribution in [3.8, 4) is 11.5 Å². The first-order chi connectivity index (χ1) is 9.62. The molecular formula is C14H21N3O2S. The first-order valence-corrected chi connectivity index (χ1v) is 7.41. The molecule has 1 atom stereocenters. The van der Waals surface area contributed by atoms with Crippen LogP contribution < -0.4 is 14.8 Å². The van der Waals surface area contributed by atoms with Crippen LogP contribution >= 0.6 is 11.3 Å². The predicted octanol–water partition coefficient (Wildman–Crippen LogP) is 2.85. The lowest BCUT2D eigenvalue weighted by molar-refractivity contribution is 0.396. The summed E-state index contributed by atoms with van der Waals surface area (Å²) in [6.07, 6.45) is 1.77. The van der Waals surface area contributed by atoms with Crippen LogP contribution in [0.25, 0.3) is 0 Å². The standard InChI is InChI=1S/C14H21N3O2S/c1-9(2)17-14(11(19-5)7-16-17)13(15-3)12-6-10(18-4)8-20-12/h6-9,13,15H,1-5H3. The molecule has 6 heteroatoms. The maximum Gasteiger partial charge on any atom is 0.161 e. The summed E-state index contributed by atoms with van der Waals surface area (Å²) in [5, 5.41) is 9.78. The molecule has 0 fully saturated rings. The smallest absolute Gasteiger partial charge is 0.161 e. The van der Waals surface area contributed by atoms with E-state index in [1.54, 1.807) is 31.8 Å². The Morgan fingerprint density at radius 1 is 1.30 bits per heavy atom. The molecule has 0 saturated carbocycles. The normalized spacial score (nSPS) is 12.7. The van der Waals surface area contributed by atoms with Crippen molar-refractivity contribution in [1.82, 2.24) is 15.1 Å². The summed E-state index contributed by atoms with van der Waals surface area (Å²) in [4.78, 5) is 1.17. The highest BCUT2D eigenvalue weighted by molar-refractivity contribution is 7.10. The SMILES string of the molecule is CNC(c1cc(OC)cs1)c1c(OC)cnn1C(C)C. The van der Waals surface area contributed by atoms with E-state index < -0.39 is 0 Å². The highest BCUT2D eigenvalue weighted by Crippen LogP contribution is 2.36. The van der Waals surface area contributed by atoms with Crippen LogP contribution in [0.1, 0.15) is 36.5 Å². The lowest BCUT2D eigenvalue weighted by atomic mass is 10.1. The summed E-state index contributed by atoms with van der Waals surface area (Å²) < 4.78 is 12.7. The molecule has 0 spiro atoms. The Labute approximate surface area is 123 Å². The molecule has 0 amide bonds. The van der Waals surface area contributed by atoms with Gasteiger partial charge in [0, 0.05) is 16.3 Å². The molecule has 2 aromatic rings. The third-order valence-electron chi connectivity index (χ3n) is 3.19. The monoisotopic (exact) mass is 295 g/mol. The highest BCUT2D eigenvalue weighted by Gasteiger charge is 2.25. The van der Waals surface area contributed by atoms with Crippen LogP contribution in [0.3, 0.4) is 0 Å². The quantitative estimate of drug-likeness (QED) is 0.890. The van der Waals surface area contributed by atoms with Crippen molar-refractivity contribution in [2.45, 2.75) is 25.9 Å². The lowest BCUT2D eigenvalue weighted by Crippen LogP contribution is -2.22. The van der Waals surface area contributed by atoms with Crippen LogP contribution in [-0.2, 0) is 0 Å². The largest absolute Gasteiger partial charge is 0.496 e. The summed E-state index contributed by atoms with van der Waals surface area (Å²) >= 11 is 1.66. The van der Waals surface area contributed by atoms with Crippen LogP contribution in [-0.4, -0.2) is 31.0 Å². The van der Waals surface area contributed by atoms with Gasteiger partial charge in [0.25, 0.3) is 0 Å². The fraction of sp³-hybridized carbons (Fsp3) is 0.500. The average Bonchev–Trinajstić information content (AvgIpc) is 3.06. The predicted molar refractivity (Wildman–Crippen MR) is 80.9 cm³/mol. The Hall–Kier alpha value is -1.53. The molecule has 0 aromatic carbocycles. The molecule has 0 saturated heterocycles. The van der Waals surface area contributed by atoms with E-state index in [9.17, 15) is 0 Å². The van der Waals surface area contributed by atoms with E-state index in [0.29, 0.717) is 0 Å². The average molecular weight is 295 g/mol. The topological polar surface area (TPSA) is 48.3 Å². The molecule has 110 valence electrons. The number of methoxy groups -OCH3 is 2. The number of nitrogens with one attached hydrogen (secondary N) is 1. The van der Waals surface area contributed by atoms with Crippen molar-refractivity contribution >= 4 is 11.3 Å². The Balaban J connectivity index is 2.47. The first kappa shape index (κ1) is 14.9. The fourth-order valence-electron chi connectivity index (χ4n) is 2.21. The van der Waals surface area contributed by atoms with Crippen molar-refractivity contribution in [2.24, 2.45) is 0 Å². The van der Waals surface area contributed by atoms with Crippen LogP contribution in [0.2, 0.25) is 0 Å². The second-order valence-electron chi connectivity index (χ2n) is 4.75.